The number of hydrogen-bond donors (Lipinski definition) is 1. The second-order valence-corrected chi connectivity index (χ2v) is 9.41. The van der Waals surface area contributed by atoms with Gasteiger partial charge in [-0.3, -0.25) is 9.10 Å². The molecule has 0 heterocycles. The molecule has 0 aromatic heterocycles. The van der Waals surface area contributed by atoms with Crippen LogP contribution in [-0.2, 0) is 21.2 Å². The van der Waals surface area contributed by atoms with Crippen LogP contribution in [0, 0.1) is 6.92 Å². The summed E-state index contributed by atoms with van der Waals surface area (Å²) in [4.78, 5) is 12.1. The maximum absolute atomic E-state index is 12.2. The molecule has 2 rings (SSSR count). The van der Waals surface area contributed by atoms with E-state index in [0.29, 0.717) is 30.3 Å². The second-order valence-electron chi connectivity index (χ2n) is 7.07. The number of nitrogens with one attached hydrogen (secondary N) is 1. The normalized spacial score (nSPS) is 11.2. The lowest BCUT2D eigenvalue weighted by atomic mass is 10.2. The number of carbonyl (C=O) groups excluding carboxylic acids is 1. The van der Waals surface area contributed by atoms with Gasteiger partial charge in [0.1, 0.15) is 12.4 Å². The molecular formula is C22H29ClN2O4S. The standard InChI is InChI=1S/C22H29ClN2O4S/c1-4-18-7-10-20(11-8-18)29-15-13-24-22(26)6-5-14-25(30(3,27)28)21-12-9-19(23)16-17(21)2/h7-12,16H,4-6,13-15H2,1-3H3,(H,24,26). The molecule has 0 atom stereocenters. The molecule has 8 heteroatoms. The number of carbonyl (C=O) groups is 1. The van der Waals surface area contributed by atoms with Crippen molar-refractivity contribution < 1.29 is 17.9 Å². The molecule has 0 spiro atoms. The number of anilines is 1. The first-order chi connectivity index (χ1) is 14.2. The van der Waals surface area contributed by atoms with Gasteiger partial charge in [-0.2, -0.15) is 0 Å². The molecule has 6 nitrogen and oxygen atoms in total. The highest BCUT2D eigenvalue weighted by Gasteiger charge is 2.19. The molecule has 0 aliphatic heterocycles. The van der Waals surface area contributed by atoms with Gasteiger partial charge in [0.15, 0.2) is 0 Å². The average Bonchev–Trinajstić information content (AvgIpc) is 2.69. The Morgan fingerprint density at radius 3 is 2.47 bits per heavy atom. The van der Waals surface area contributed by atoms with Crippen molar-refractivity contribution in [2.24, 2.45) is 0 Å². The van der Waals surface area contributed by atoms with Gasteiger partial charge in [0.05, 0.1) is 18.5 Å². The van der Waals surface area contributed by atoms with E-state index in [1.165, 1.54) is 9.87 Å². The topological polar surface area (TPSA) is 75.7 Å². The van der Waals surface area contributed by atoms with E-state index in [2.05, 4.69) is 12.2 Å². The maximum Gasteiger partial charge on any atom is 0.232 e. The molecule has 1 amide bonds. The number of hydrogen-bond acceptors (Lipinski definition) is 4. The second kappa shape index (κ2) is 11.2. The first-order valence-electron chi connectivity index (χ1n) is 9.93. The minimum Gasteiger partial charge on any atom is -0.492 e. The minimum absolute atomic E-state index is 0.138. The van der Waals surface area contributed by atoms with Gasteiger partial charge in [0.25, 0.3) is 0 Å². The zero-order chi connectivity index (χ0) is 22.1. The van der Waals surface area contributed by atoms with Gasteiger partial charge >= 0.3 is 0 Å². The predicted molar refractivity (Wildman–Crippen MR) is 122 cm³/mol. The third-order valence-corrected chi connectivity index (χ3v) is 6.03. The van der Waals surface area contributed by atoms with E-state index in [1.54, 1.807) is 18.2 Å². The molecule has 0 saturated heterocycles. The van der Waals surface area contributed by atoms with Crippen molar-refractivity contribution in [3.05, 3.63) is 58.6 Å². The lowest BCUT2D eigenvalue weighted by Gasteiger charge is -2.24. The van der Waals surface area contributed by atoms with Gasteiger partial charge in [-0.15, -0.1) is 0 Å². The Hall–Kier alpha value is -2.25. The summed E-state index contributed by atoms with van der Waals surface area (Å²) < 4.78 is 31.3. The highest BCUT2D eigenvalue weighted by atomic mass is 35.5. The molecule has 0 fully saturated rings. The number of ether oxygens (including phenoxy) is 1. The van der Waals surface area contributed by atoms with Crippen LogP contribution in [0.4, 0.5) is 5.69 Å². The van der Waals surface area contributed by atoms with Gasteiger partial charge in [-0.1, -0.05) is 30.7 Å². The molecule has 0 unspecified atom stereocenters. The monoisotopic (exact) mass is 452 g/mol. The Balaban J connectivity index is 1.77. The fourth-order valence-corrected chi connectivity index (χ4v) is 4.27. The number of sulfonamides is 1. The highest BCUT2D eigenvalue weighted by molar-refractivity contribution is 7.92. The molecule has 0 bridgehead atoms. The van der Waals surface area contributed by atoms with E-state index in [0.717, 1.165) is 24.0 Å². The molecule has 1 N–H and O–H groups in total. The van der Waals surface area contributed by atoms with E-state index < -0.39 is 10.0 Å². The van der Waals surface area contributed by atoms with Crippen molar-refractivity contribution in [3.8, 4) is 5.75 Å². The van der Waals surface area contributed by atoms with Crippen LogP contribution in [0.2, 0.25) is 5.02 Å². The summed E-state index contributed by atoms with van der Waals surface area (Å²) in [7, 11) is -3.47. The van der Waals surface area contributed by atoms with E-state index in [-0.39, 0.29) is 18.9 Å². The Labute approximate surface area is 184 Å². The Morgan fingerprint density at radius 2 is 1.87 bits per heavy atom. The van der Waals surface area contributed by atoms with Crippen molar-refractivity contribution in [1.82, 2.24) is 5.32 Å². The summed E-state index contributed by atoms with van der Waals surface area (Å²) in [5.74, 6) is 0.629. The number of amides is 1. The first-order valence-corrected chi connectivity index (χ1v) is 12.2. The fraction of sp³-hybridized carbons (Fsp3) is 0.409. The summed E-state index contributed by atoms with van der Waals surface area (Å²) in [6, 6.07) is 12.9. The van der Waals surface area contributed by atoms with Crippen molar-refractivity contribution in [1.29, 1.82) is 0 Å². The van der Waals surface area contributed by atoms with E-state index in [1.807, 2.05) is 31.2 Å². The molecule has 0 aliphatic rings. The largest absolute Gasteiger partial charge is 0.492 e. The van der Waals surface area contributed by atoms with Crippen molar-refractivity contribution in [2.45, 2.75) is 33.1 Å². The van der Waals surface area contributed by atoms with E-state index in [9.17, 15) is 13.2 Å². The van der Waals surface area contributed by atoms with Crippen molar-refractivity contribution in [3.63, 3.8) is 0 Å². The third kappa shape index (κ3) is 7.54. The molecule has 164 valence electrons. The zero-order valence-corrected chi connectivity index (χ0v) is 19.2. The van der Waals surface area contributed by atoms with Crippen LogP contribution in [0.3, 0.4) is 0 Å². The van der Waals surface area contributed by atoms with Crippen molar-refractivity contribution in [2.75, 3.05) is 30.3 Å². The fourth-order valence-electron chi connectivity index (χ4n) is 3.02. The maximum atomic E-state index is 12.2. The molecule has 2 aromatic rings. The Morgan fingerprint density at radius 1 is 1.17 bits per heavy atom. The van der Waals surface area contributed by atoms with Gasteiger partial charge in [-0.05, 0) is 61.2 Å². The average molecular weight is 453 g/mol. The number of nitrogens with zero attached hydrogens (tertiary/aromatic N) is 1. The molecule has 30 heavy (non-hydrogen) atoms. The first kappa shape index (κ1) is 24.0. The molecule has 0 aliphatic carbocycles. The smallest absolute Gasteiger partial charge is 0.232 e. The number of aryl methyl sites for hydroxylation is 2. The summed E-state index contributed by atoms with van der Waals surface area (Å²) in [5, 5.41) is 3.35. The quantitative estimate of drug-likeness (QED) is 0.524. The van der Waals surface area contributed by atoms with Gasteiger partial charge < -0.3 is 10.1 Å². The van der Waals surface area contributed by atoms with Crippen LogP contribution < -0.4 is 14.4 Å². The highest BCUT2D eigenvalue weighted by Crippen LogP contribution is 2.25. The predicted octanol–water partition coefficient (Wildman–Crippen LogP) is 3.95. The molecular weight excluding hydrogens is 424 g/mol. The Kier molecular flexibility index (Phi) is 8.99. The van der Waals surface area contributed by atoms with Crippen LogP contribution in [0.1, 0.15) is 30.9 Å². The van der Waals surface area contributed by atoms with E-state index >= 15 is 0 Å². The van der Waals surface area contributed by atoms with Crippen LogP contribution in [0.15, 0.2) is 42.5 Å². The zero-order valence-electron chi connectivity index (χ0n) is 17.7. The van der Waals surface area contributed by atoms with Crippen LogP contribution in [0.5, 0.6) is 5.75 Å². The number of halogens is 1. The third-order valence-electron chi connectivity index (χ3n) is 4.62. The van der Waals surface area contributed by atoms with E-state index in [4.69, 9.17) is 16.3 Å². The van der Waals surface area contributed by atoms with Crippen LogP contribution >= 0.6 is 11.6 Å². The summed E-state index contributed by atoms with van der Waals surface area (Å²) in [6.45, 7) is 4.88. The van der Waals surface area contributed by atoms with Crippen LogP contribution in [0.25, 0.3) is 0 Å². The summed E-state index contributed by atoms with van der Waals surface area (Å²) in [5.41, 5.74) is 2.58. The van der Waals surface area contributed by atoms with Crippen molar-refractivity contribution >= 4 is 33.2 Å². The summed E-state index contributed by atoms with van der Waals surface area (Å²) in [6.07, 6.45) is 2.76. The Bertz CT molecular complexity index is 946. The molecule has 2 aromatic carbocycles. The van der Waals surface area contributed by atoms with Gasteiger partial charge in [0.2, 0.25) is 15.9 Å². The number of rotatable bonds is 11. The van der Waals surface area contributed by atoms with Crippen LogP contribution in [-0.4, -0.2) is 40.3 Å². The van der Waals surface area contributed by atoms with Gasteiger partial charge in [-0.25, -0.2) is 8.42 Å². The molecule has 0 saturated carbocycles. The SMILES string of the molecule is CCc1ccc(OCCNC(=O)CCCN(c2ccc(Cl)cc2C)S(C)(=O)=O)cc1. The summed E-state index contributed by atoms with van der Waals surface area (Å²) >= 11 is 5.96. The number of benzene rings is 2. The molecule has 0 radical (unpaired) electrons. The minimum atomic E-state index is -3.47. The van der Waals surface area contributed by atoms with Gasteiger partial charge in [0, 0.05) is 18.0 Å². The lowest BCUT2D eigenvalue weighted by molar-refractivity contribution is -0.121. The lowest BCUT2D eigenvalue weighted by Crippen LogP contribution is -2.33.